The van der Waals surface area contributed by atoms with E-state index >= 15 is 0 Å². The van der Waals surface area contributed by atoms with Crippen LogP contribution < -0.4 is 10.8 Å². The number of amides is 1. The summed E-state index contributed by atoms with van der Waals surface area (Å²) >= 11 is 0. The van der Waals surface area contributed by atoms with Crippen molar-refractivity contribution >= 4 is 11.6 Å². The third kappa shape index (κ3) is 4.84. The Morgan fingerprint density at radius 3 is 2.35 bits per heavy atom. The van der Waals surface area contributed by atoms with Crippen molar-refractivity contribution in [2.75, 3.05) is 5.32 Å². The number of rotatable bonds is 6. The summed E-state index contributed by atoms with van der Waals surface area (Å²) in [7, 11) is 0. The molecule has 0 saturated carbocycles. The van der Waals surface area contributed by atoms with E-state index in [0.717, 1.165) is 16.8 Å². The summed E-state index contributed by atoms with van der Waals surface area (Å²) in [6, 6.07) is 17.6. The van der Waals surface area contributed by atoms with Crippen molar-refractivity contribution in [1.82, 2.24) is 5.48 Å². The zero-order valence-corrected chi connectivity index (χ0v) is 11.4. The normalized spacial score (nSPS) is 10.2. The molecule has 0 atom stereocenters. The Bertz CT molecular complexity index is 538. The summed E-state index contributed by atoms with van der Waals surface area (Å²) in [5.74, 6) is -0.0675. The smallest absolute Gasteiger partial charge is 0.221 e. The Balaban J connectivity index is 1.73. The fraction of sp³-hybridized carbons (Fsp3) is 0.188. The highest BCUT2D eigenvalue weighted by atomic mass is 16.6. The Morgan fingerprint density at radius 1 is 1.00 bits per heavy atom. The average Bonchev–Trinajstić information content (AvgIpc) is 2.46. The molecule has 0 spiro atoms. The molecule has 0 aliphatic rings. The van der Waals surface area contributed by atoms with E-state index in [2.05, 4.69) is 10.8 Å². The fourth-order valence-electron chi connectivity index (χ4n) is 1.75. The lowest BCUT2D eigenvalue weighted by Gasteiger charge is -2.07. The van der Waals surface area contributed by atoms with Gasteiger partial charge in [-0.15, -0.1) is 0 Å². The number of hydrogen-bond acceptors (Lipinski definition) is 3. The van der Waals surface area contributed by atoms with Gasteiger partial charge >= 0.3 is 0 Å². The first-order chi connectivity index (χ1) is 9.74. The SMILES string of the molecule is CC(=O)Nc1ccc(CNOCc2ccccc2)cc1. The molecule has 2 aromatic rings. The molecule has 0 aliphatic heterocycles. The van der Waals surface area contributed by atoms with Gasteiger partial charge in [-0.05, 0) is 23.3 Å². The van der Waals surface area contributed by atoms with E-state index in [9.17, 15) is 4.79 Å². The molecule has 4 nitrogen and oxygen atoms in total. The van der Waals surface area contributed by atoms with Gasteiger partial charge in [-0.25, -0.2) is 0 Å². The molecule has 4 heteroatoms. The van der Waals surface area contributed by atoms with Gasteiger partial charge in [0.05, 0.1) is 6.61 Å². The van der Waals surface area contributed by atoms with Crippen LogP contribution in [-0.2, 0) is 22.8 Å². The molecule has 0 saturated heterocycles. The van der Waals surface area contributed by atoms with Gasteiger partial charge in [0, 0.05) is 19.2 Å². The molecule has 2 N–H and O–H groups in total. The maximum Gasteiger partial charge on any atom is 0.221 e. The maximum atomic E-state index is 10.9. The molecule has 2 aromatic carbocycles. The van der Waals surface area contributed by atoms with Crippen LogP contribution in [0.2, 0.25) is 0 Å². The van der Waals surface area contributed by atoms with Crippen LogP contribution in [0.5, 0.6) is 0 Å². The van der Waals surface area contributed by atoms with Gasteiger partial charge in [0.15, 0.2) is 0 Å². The third-order valence-electron chi connectivity index (χ3n) is 2.73. The van der Waals surface area contributed by atoms with Crippen LogP contribution in [0.3, 0.4) is 0 Å². The molecule has 2 rings (SSSR count). The first-order valence-corrected chi connectivity index (χ1v) is 6.49. The van der Waals surface area contributed by atoms with Crippen molar-refractivity contribution in [3.8, 4) is 0 Å². The summed E-state index contributed by atoms with van der Waals surface area (Å²) in [5.41, 5.74) is 5.94. The van der Waals surface area contributed by atoms with Crippen molar-refractivity contribution in [3.05, 3.63) is 65.7 Å². The van der Waals surface area contributed by atoms with Gasteiger partial charge in [-0.1, -0.05) is 42.5 Å². The molecule has 0 unspecified atom stereocenters. The van der Waals surface area contributed by atoms with Crippen molar-refractivity contribution in [3.63, 3.8) is 0 Å². The minimum Gasteiger partial charge on any atom is -0.326 e. The number of hydrogen-bond donors (Lipinski definition) is 2. The van der Waals surface area contributed by atoms with Gasteiger partial charge < -0.3 is 5.32 Å². The van der Waals surface area contributed by atoms with Crippen LogP contribution in [0.15, 0.2) is 54.6 Å². The van der Waals surface area contributed by atoms with E-state index in [1.807, 2.05) is 54.6 Å². The Kier molecular flexibility index (Phi) is 5.29. The number of nitrogens with one attached hydrogen (secondary N) is 2. The Hall–Kier alpha value is -2.17. The quantitative estimate of drug-likeness (QED) is 0.627. The predicted molar refractivity (Wildman–Crippen MR) is 78.8 cm³/mol. The van der Waals surface area contributed by atoms with E-state index in [0.29, 0.717) is 13.2 Å². The summed E-state index contributed by atoms with van der Waals surface area (Å²) < 4.78 is 0. The van der Waals surface area contributed by atoms with E-state index in [-0.39, 0.29) is 5.91 Å². The second-order valence-electron chi connectivity index (χ2n) is 4.47. The molecule has 0 aromatic heterocycles. The second-order valence-corrected chi connectivity index (χ2v) is 4.47. The highest BCUT2D eigenvalue weighted by Crippen LogP contribution is 2.09. The summed E-state index contributed by atoms with van der Waals surface area (Å²) in [4.78, 5) is 16.3. The van der Waals surface area contributed by atoms with Gasteiger partial charge in [0.1, 0.15) is 0 Å². The molecule has 1 amide bonds. The van der Waals surface area contributed by atoms with Gasteiger partial charge in [0.25, 0.3) is 0 Å². The topological polar surface area (TPSA) is 50.4 Å². The maximum absolute atomic E-state index is 10.9. The standard InChI is InChI=1S/C16H18N2O2/c1-13(19)18-16-9-7-14(8-10-16)11-17-20-12-15-5-3-2-4-6-15/h2-10,17H,11-12H2,1H3,(H,18,19). The van der Waals surface area contributed by atoms with Gasteiger partial charge in [0.2, 0.25) is 5.91 Å². The van der Waals surface area contributed by atoms with E-state index in [4.69, 9.17) is 4.84 Å². The minimum atomic E-state index is -0.0675. The van der Waals surface area contributed by atoms with Gasteiger partial charge in [-0.3, -0.25) is 9.63 Å². The zero-order valence-electron chi connectivity index (χ0n) is 11.4. The summed E-state index contributed by atoms with van der Waals surface area (Å²) in [6.07, 6.45) is 0. The van der Waals surface area contributed by atoms with Crippen molar-refractivity contribution in [2.45, 2.75) is 20.1 Å². The number of hydroxylamine groups is 1. The number of carbonyl (C=O) groups excluding carboxylic acids is 1. The Labute approximate surface area is 118 Å². The molecule has 0 radical (unpaired) electrons. The van der Waals surface area contributed by atoms with Crippen LogP contribution in [0, 0.1) is 0 Å². The second kappa shape index (κ2) is 7.43. The Morgan fingerprint density at radius 2 is 1.70 bits per heavy atom. The minimum absolute atomic E-state index is 0.0675. The molecular weight excluding hydrogens is 252 g/mol. The fourth-order valence-corrected chi connectivity index (χ4v) is 1.75. The number of carbonyl (C=O) groups is 1. The molecule has 0 bridgehead atoms. The van der Waals surface area contributed by atoms with E-state index in [1.54, 1.807) is 0 Å². The summed E-state index contributed by atoms with van der Waals surface area (Å²) in [5, 5.41) is 2.73. The lowest BCUT2D eigenvalue weighted by atomic mass is 10.2. The number of anilines is 1. The molecule has 0 heterocycles. The molecule has 20 heavy (non-hydrogen) atoms. The molecular formula is C16H18N2O2. The van der Waals surface area contributed by atoms with E-state index in [1.165, 1.54) is 6.92 Å². The average molecular weight is 270 g/mol. The van der Waals surface area contributed by atoms with Crippen LogP contribution in [0.25, 0.3) is 0 Å². The lowest BCUT2D eigenvalue weighted by molar-refractivity contribution is -0.114. The van der Waals surface area contributed by atoms with Crippen LogP contribution in [0.4, 0.5) is 5.69 Å². The van der Waals surface area contributed by atoms with Crippen LogP contribution in [-0.4, -0.2) is 5.91 Å². The first-order valence-electron chi connectivity index (χ1n) is 6.49. The van der Waals surface area contributed by atoms with Crippen LogP contribution >= 0.6 is 0 Å². The van der Waals surface area contributed by atoms with E-state index < -0.39 is 0 Å². The van der Waals surface area contributed by atoms with Gasteiger partial charge in [-0.2, -0.15) is 5.48 Å². The monoisotopic (exact) mass is 270 g/mol. The van der Waals surface area contributed by atoms with Crippen molar-refractivity contribution < 1.29 is 9.63 Å². The number of benzene rings is 2. The summed E-state index contributed by atoms with van der Waals surface area (Å²) in [6.45, 7) is 2.64. The molecule has 0 aliphatic carbocycles. The first kappa shape index (κ1) is 14.2. The zero-order chi connectivity index (χ0) is 14.2. The molecule has 104 valence electrons. The lowest BCUT2D eigenvalue weighted by Crippen LogP contribution is -2.14. The third-order valence-corrected chi connectivity index (χ3v) is 2.73. The van der Waals surface area contributed by atoms with Crippen LogP contribution in [0.1, 0.15) is 18.1 Å². The van der Waals surface area contributed by atoms with Crippen molar-refractivity contribution in [2.24, 2.45) is 0 Å². The molecule has 0 fully saturated rings. The largest absolute Gasteiger partial charge is 0.326 e. The highest BCUT2D eigenvalue weighted by molar-refractivity contribution is 5.88. The predicted octanol–water partition coefficient (Wildman–Crippen LogP) is 2.87. The highest BCUT2D eigenvalue weighted by Gasteiger charge is 1.97. The van der Waals surface area contributed by atoms with Crippen molar-refractivity contribution in [1.29, 1.82) is 0 Å².